The maximum absolute atomic E-state index is 11.9. The van der Waals surface area contributed by atoms with Gasteiger partial charge in [0.25, 0.3) is 0 Å². The molecule has 0 aromatic carbocycles. The Balaban J connectivity index is 2.52. The summed E-state index contributed by atoms with van der Waals surface area (Å²) in [5.74, 6) is -1.30. The largest absolute Gasteiger partial charge is 0.478 e. The Bertz CT molecular complexity index is 380. The topological polar surface area (TPSA) is 69.6 Å². The first kappa shape index (κ1) is 15.7. The normalized spacial score (nSPS) is 19.2. The molecule has 0 radical (unpaired) electrons. The molecule has 1 rings (SSSR count). The third-order valence-electron chi connectivity index (χ3n) is 3.82. The molecule has 19 heavy (non-hydrogen) atoms. The number of aliphatic carboxylic acids is 1. The molecular formula is C14H24N2O3. The fraction of sp³-hybridized carbons (Fsp3) is 0.714. The van der Waals surface area contributed by atoms with E-state index in [4.69, 9.17) is 5.11 Å². The van der Waals surface area contributed by atoms with Gasteiger partial charge in [0.2, 0.25) is 5.91 Å². The summed E-state index contributed by atoms with van der Waals surface area (Å²) in [6, 6.07) is 0.687. The minimum Gasteiger partial charge on any atom is -0.478 e. The molecule has 0 atom stereocenters. The van der Waals surface area contributed by atoms with Gasteiger partial charge in [0, 0.05) is 36.3 Å². The van der Waals surface area contributed by atoms with E-state index in [0.717, 1.165) is 25.9 Å². The third-order valence-corrected chi connectivity index (χ3v) is 3.82. The Morgan fingerprint density at radius 1 is 1.16 bits per heavy atom. The summed E-state index contributed by atoms with van der Waals surface area (Å²) in [6.45, 7) is 9.30. The van der Waals surface area contributed by atoms with E-state index in [1.807, 2.05) is 0 Å². The van der Waals surface area contributed by atoms with Crippen molar-refractivity contribution >= 4 is 11.9 Å². The van der Waals surface area contributed by atoms with E-state index in [-0.39, 0.29) is 17.5 Å². The maximum Gasteiger partial charge on any atom is 0.331 e. The number of piperidine rings is 1. The highest BCUT2D eigenvalue weighted by Gasteiger charge is 2.23. The van der Waals surface area contributed by atoms with Gasteiger partial charge in [0.15, 0.2) is 0 Å². The van der Waals surface area contributed by atoms with Crippen LogP contribution in [0.25, 0.3) is 0 Å². The molecule has 0 unspecified atom stereocenters. The highest BCUT2D eigenvalue weighted by atomic mass is 16.4. The SMILES string of the molecule is CC(C(=O)O)=C(C)C(=O)NC1CCN(C(C)C)CC1. The van der Waals surface area contributed by atoms with Gasteiger partial charge in [-0.2, -0.15) is 0 Å². The Hall–Kier alpha value is -1.36. The van der Waals surface area contributed by atoms with Gasteiger partial charge in [-0.3, -0.25) is 4.79 Å². The van der Waals surface area contributed by atoms with Gasteiger partial charge in [0.1, 0.15) is 0 Å². The van der Waals surface area contributed by atoms with Gasteiger partial charge in [-0.05, 0) is 40.5 Å². The molecule has 108 valence electrons. The van der Waals surface area contributed by atoms with Crippen LogP contribution in [0.2, 0.25) is 0 Å². The zero-order valence-corrected chi connectivity index (χ0v) is 12.2. The standard InChI is InChI=1S/C14H24N2O3/c1-9(2)16-7-5-12(6-8-16)15-13(17)10(3)11(4)14(18)19/h9,12H,5-8H2,1-4H3,(H,15,17)(H,18,19). The second kappa shape index (κ2) is 6.70. The number of hydrogen-bond donors (Lipinski definition) is 2. The van der Waals surface area contributed by atoms with Crippen LogP contribution in [0, 0.1) is 0 Å². The van der Waals surface area contributed by atoms with Gasteiger partial charge in [-0.15, -0.1) is 0 Å². The van der Waals surface area contributed by atoms with Crippen molar-refractivity contribution in [1.29, 1.82) is 0 Å². The van der Waals surface area contributed by atoms with Gasteiger partial charge < -0.3 is 15.3 Å². The number of nitrogens with one attached hydrogen (secondary N) is 1. The Morgan fingerprint density at radius 3 is 2.11 bits per heavy atom. The number of carbonyl (C=O) groups excluding carboxylic acids is 1. The smallest absolute Gasteiger partial charge is 0.331 e. The van der Waals surface area contributed by atoms with Crippen molar-refractivity contribution < 1.29 is 14.7 Å². The molecule has 1 heterocycles. The molecule has 0 aromatic heterocycles. The quantitative estimate of drug-likeness (QED) is 0.756. The molecule has 1 amide bonds. The predicted octanol–water partition coefficient (Wildman–Crippen LogP) is 1.40. The first-order valence-electron chi connectivity index (χ1n) is 6.78. The fourth-order valence-corrected chi connectivity index (χ4v) is 2.18. The Labute approximate surface area is 114 Å². The monoisotopic (exact) mass is 268 g/mol. The van der Waals surface area contributed by atoms with Crippen molar-refractivity contribution in [3.8, 4) is 0 Å². The second-order valence-corrected chi connectivity index (χ2v) is 5.43. The highest BCUT2D eigenvalue weighted by Crippen LogP contribution is 2.14. The summed E-state index contributed by atoms with van der Waals surface area (Å²) in [6.07, 6.45) is 1.84. The summed E-state index contributed by atoms with van der Waals surface area (Å²) in [5, 5.41) is 11.8. The van der Waals surface area contributed by atoms with E-state index < -0.39 is 5.97 Å². The molecule has 1 fully saturated rings. The van der Waals surface area contributed by atoms with Crippen LogP contribution in [0.1, 0.15) is 40.5 Å². The third kappa shape index (κ3) is 4.35. The summed E-state index contributed by atoms with van der Waals surface area (Å²) < 4.78 is 0. The summed E-state index contributed by atoms with van der Waals surface area (Å²) in [5.41, 5.74) is 0.399. The van der Waals surface area contributed by atoms with Crippen molar-refractivity contribution in [2.75, 3.05) is 13.1 Å². The average Bonchev–Trinajstić information content (AvgIpc) is 2.37. The van der Waals surface area contributed by atoms with Crippen LogP contribution in [0.3, 0.4) is 0 Å². The lowest BCUT2D eigenvalue weighted by molar-refractivity contribution is -0.133. The van der Waals surface area contributed by atoms with Crippen LogP contribution in [0.15, 0.2) is 11.1 Å². The predicted molar refractivity (Wildman–Crippen MR) is 73.9 cm³/mol. The minimum absolute atomic E-state index is 0.108. The van der Waals surface area contributed by atoms with Gasteiger partial charge in [-0.25, -0.2) is 4.79 Å². The van der Waals surface area contributed by atoms with Crippen LogP contribution in [0.5, 0.6) is 0 Å². The fourth-order valence-electron chi connectivity index (χ4n) is 2.18. The molecule has 2 N–H and O–H groups in total. The van der Waals surface area contributed by atoms with Crippen LogP contribution >= 0.6 is 0 Å². The zero-order valence-electron chi connectivity index (χ0n) is 12.2. The number of hydrogen-bond acceptors (Lipinski definition) is 3. The second-order valence-electron chi connectivity index (χ2n) is 5.43. The van der Waals surface area contributed by atoms with Crippen molar-refractivity contribution in [3.63, 3.8) is 0 Å². The first-order valence-corrected chi connectivity index (χ1v) is 6.78. The molecule has 0 aromatic rings. The Kier molecular flexibility index (Phi) is 5.54. The first-order chi connectivity index (χ1) is 8.82. The van der Waals surface area contributed by atoms with Crippen LogP contribution in [-0.4, -0.2) is 47.1 Å². The van der Waals surface area contributed by atoms with Crippen LogP contribution in [0.4, 0.5) is 0 Å². The molecule has 1 saturated heterocycles. The molecule has 0 saturated carbocycles. The molecule has 1 aliphatic heterocycles. The number of rotatable bonds is 4. The van der Waals surface area contributed by atoms with Gasteiger partial charge in [0.05, 0.1) is 0 Å². The molecule has 5 heteroatoms. The zero-order chi connectivity index (χ0) is 14.6. The van der Waals surface area contributed by atoms with E-state index in [0.29, 0.717) is 11.6 Å². The van der Waals surface area contributed by atoms with Crippen molar-refractivity contribution in [2.24, 2.45) is 0 Å². The lowest BCUT2D eigenvalue weighted by Crippen LogP contribution is -2.46. The van der Waals surface area contributed by atoms with Crippen molar-refractivity contribution in [3.05, 3.63) is 11.1 Å². The molecular weight excluding hydrogens is 244 g/mol. The summed E-state index contributed by atoms with van der Waals surface area (Å²) in [7, 11) is 0. The van der Waals surface area contributed by atoms with E-state index in [1.54, 1.807) is 6.92 Å². The van der Waals surface area contributed by atoms with E-state index in [9.17, 15) is 9.59 Å². The number of carboxylic acids is 1. The van der Waals surface area contributed by atoms with E-state index in [2.05, 4.69) is 24.1 Å². The minimum atomic E-state index is -1.04. The highest BCUT2D eigenvalue weighted by molar-refractivity contribution is 6.01. The number of likely N-dealkylation sites (tertiary alicyclic amines) is 1. The van der Waals surface area contributed by atoms with Crippen molar-refractivity contribution in [2.45, 2.75) is 52.6 Å². The average molecular weight is 268 g/mol. The molecule has 0 aliphatic carbocycles. The van der Waals surface area contributed by atoms with Crippen LogP contribution in [-0.2, 0) is 9.59 Å². The lowest BCUT2D eigenvalue weighted by Gasteiger charge is -2.34. The number of carboxylic acid groups (broad SMARTS) is 1. The maximum atomic E-state index is 11.9. The number of carbonyl (C=O) groups is 2. The van der Waals surface area contributed by atoms with Crippen LogP contribution < -0.4 is 5.32 Å². The molecule has 0 bridgehead atoms. The lowest BCUT2D eigenvalue weighted by atomic mass is 10.0. The molecule has 0 spiro atoms. The summed E-state index contributed by atoms with van der Waals surface area (Å²) >= 11 is 0. The van der Waals surface area contributed by atoms with Gasteiger partial charge >= 0.3 is 5.97 Å². The molecule has 5 nitrogen and oxygen atoms in total. The number of amides is 1. The van der Waals surface area contributed by atoms with Crippen molar-refractivity contribution in [1.82, 2.24) is 10.2 Å². The Morgan fingerprint density at radius 2 is 1.68 bits per heavy atom. The summed E-state index contributed by atoms with van der Waals surface area (Å²) in [4.78, 5) is 25.1. The van der Waals surface area contributed by atoms with E-state index in [1.165, 1.54) is 6.92 Å². The number of nitrogens with zero attached hydrogens (tertiary/aromatic N) is 1. The van der Waals surface area contributed by atoms with Gasteiger partial charge in [-0.1, -0.05) is 0 Å². The molecule has 1 aliphatic rings. The van der Waals surface area contributed by atoms with E-state index >= 15 is 0 Å².